The first-order valence-electron chi connectivity index (χ1n) is 12.9. The molecule has 0 bridgehead atoms. The van der Waals surface area contributed by atoms with Gasteiger partial charge in [0.05, 0.1) is 56.8 Å². The summed E-state index contributed by atoms with van der Waals surface area (Å²) in [7, 11) is 1.35. The van der Waals surface area contributed by atoms with E-state index in [0.717, 1.165) is 11.3 Å². The topological polar surface area (TPSA) is 152 Å². The van der Waals surface area contributed by atoms with Crippen molar-refractivity contribution in [1.82, 2.24) is 34.7 Å². The molecule has 4 aromatic rings. The fourth-order valence-corrected chi connectivity index (χ4v) is 4.87. The molecule has 0 spiro atoms. The zero-order valence-corrected chi connectivity index (χ0v) is 22.1. The van der Waals surface area contributed by atoms with Gasteiger partial charge in [-0.1, -0.05) is 12.1 Å². The number of fused-ring (bicyclic) bond motifs is 1. The Labute approximate surface area is 229 Å². The summed E-state index contributed by atoms with van der Waals surface area (Å²) >= 11 is 0. The Balaban J connectivity index is 1.19. The highest BCUT2D eigenvalue weighted by molar-refractivity contribution is 6.09. The van der Waals surface area contributed by atoms with Crippen molar-refractivity contribution >= 4 is 28.9 Å². The molecular weight excluding hydrogens is 518 g/mol. The van der Waals surface area contributed by atoms with Crippen molar-refractivity contribution in [3.8, 4) is 11.4 Å². The summed E-state index contributed by atoms with van der Waals surface area (Å²) in [6.45, 7) is 4.54. The number of hydrogen-bond donors (Lipinski definition) is 2. The number of aliphatic hydroxyl groups is 1. The Bertz CT molecular complexity index is 1560. The lowest BCUT2D eigenvalue weighted by molar-refractivity contribution is 0.00357. The van der Waals surface area contributed by atoms with Crippen molar-refractivity contribution in [2.45, 2.75) is 19.1 Å². The van der Waals surface area contributed by atoms with Crippen LogP contribution in [0.4, 0.5) is 16.2 Å². The van der Waals surface area contributed by atoms with Crippen molar-refractivity contribution < 1.29 is 24.2 Å². The minimum atomic E-state index is -0.380. The number of aliphatic hydroxyl groups excluding tert-OH is 1. The van der Waals surface area contributed by atoms with E-state index in [1.165, 1.54) is 11.9 Å². The van der Waals surface area contributed by atoms with Gasteiger partial charge in [-0.15, -0.1) is 10.2 Å². The van der Waals surface area contributed by atoms with Crippen molar-refractivity contribution in [1.29, 1.82) is 0 Å². The number of pyridine rings is 1. The van der Waals surface area contributed by atoms with Crippen molar-refractivity contribution in [2.24, 2.45) is 0 Å². The average molecular weight is 548 g/mol. The van der Waals surface area contributed by atoms with E-state index < -0.39 is 0 Å². The number of likely N-dealkylation sites (tertiary alicyclic amines) is 1. The van der Waals surface area contributed by atoms with Gasteiger partial charge in [0.15, 0.2) is 0 Å². The summed E-state index contributed by atoms with van der Waals surface area (Å²) in [5.74, 6) is 0.121. The van der Waals surface area contributed by atoms with Crippen LogP contribution >= 0.6 is 0 Å². The SMILES string of the molecule is COC(=O)N1CC(n2nnc(-c3ccc(C)c(NC(=O)c4cnn5ccc(N6CCO[C@@H](CO)C6)cc45)c3)n2)C1. The average Bonchev–Trinajstić information content (AvgIpc) is 3.61. The van der Waals surface area contributed by atoms with E-state index in [1.807, 2.05) is 43.5 Å². The van der Waals surface area contributed by atoms with E-state index in [-0.39, 0.29) is 30.8 Å². The van der Waals surface area contributed by atoms with E-state index in [1.54, 1.807) is 15.6 Å². The number of benzene rings is 1. The van der Waals surface area contributed by atoms with Gasteiger partial charge in [-0.2, -0.15) is 9.90 Å². The second kappa shape index (κ2) is 10.5. The predicted molar refractivity (Wildman–Crippen MR) is 143 cm³/mol. The second-order valence-corrected chi connectivity index (χ2v) is 9.84. The number of aromatic nitrogens is 6. The number of anilines is 2. The van der Waals surface area contributed by atoms with Crippen LogP contribution in [-0.4, -0.2) is 104 Å². The van der Waals surface area contributed by atoms with Crippen LogP contribution in [0.3, 0.4) is 0 Å². The summed E-state index contributed by atoms with van der Waals surface area (Å²) in [5.41, 5.74) is 4.22. The highest BCUT2D eigenvalue weighted by Gasteiger charge is 2.34. The molecule has 14 heteroatoms. The number of ether oxygens (including phenoxy) is 2. The number of nitrogens with zero attached hydrogens (tertiary/aromatic N) is 8. The van der Waals surface area contributed by atoms with Crippen molar-refractivity contribution in [2.75, 3.05) is 56.7 Å². The Kier molecular flexibility index (Phi) is 6.77. The van der Waals surface area contributed by atoms with Crippen LogP contribution in [0, 0.1) is 6.92 Å². The Morgan fingerprint density at radius 2 is 2.05 bits per heavy atom. The van der Waals surface area contributed by atoms with Gasteiger partial charge >= 0.3 is 6.09 Å². The fraction of sp³-hybridized carbons (Fsp3) is 0.385. The first-order chi connectivity index (χ1) is 19.4. The third-order valence-electron chi connectivity index (χ3n) is 7.25. The van der Waals surface area contributed by atoms with Crippen LogP contribution in [-0.2, 0) is 9.47 Å². The third kappa shape index (κ3) is 4.82. The Hall–Kier alpha value is -4.56. The molecule has 14 nitrogen and oxygen atoms in total. The van der Waals surface area contributed by atoms with E-state index in [4.69, 9.17) is 9.47 Å². The molecule has 2 fully saturated rings. The lowest BCUT2D eigenvalue weighted by atomic mass is 10.1. The summed E-state index contributed by atoms with van der Waals surface area (Å²) in [5, 5.41) is 29.7. The molecule has 6 rings (SSSR count). The molecule has 0 aliphatic carbocycles. The number of hydrogen-bond acceptors (Lipinski definition) is 10. The minimum Gasteiger partial charge on any atom is -0.453 e. The molecule has 1 aromatic carbocycles. The standard InChI is InChI=1S/C26H29N9O5/c1-16-3-4-17(24-29-31-35(30-24)19-12-33(13-19)26(38)39-2)9-22(16)28-25(37)21-11-27-34-6-5-18(10-23(21)34)32-7-8-40-20(14-32)15-36/h3-6,9-11,19-20,36H,7-8,12-15H2,1-2H3,(H,28,37)/t20-/m1/s1. The summed E-state index contributed by atoms with van der Waals surface area (Å²) in [6.07, 6.45) is 2.74. The fourth-order valence-electron chi connectivity index (χ4n) is 4.87. The van der Waals surface area contributed by atoms with Gasteiger partial charge in [0.25, 0.3) is 5.91 Å². The quantitative estimate of drug-likeness (QED) is 0.362. The molecule has 2 N–H and O–H groups in total. The normalized spacial score (nSPS) is 17.6. The van der Waals surface area contributed by atoms with E-state index in [9.17, 15) is 14.7 Å². The van der Waals surface area contributed by atoms with E-state index in [0.29, 0.717) is 60.9 Å². The van der Waals surface area contributed by atoms with Gasteiger partial charge < -0.3 is 29.7 Å². The molecule has 2 aliphatic heterocycles. The van der Waals surface area contributed by atoms with Gasteiger partial charge in [0.1, 0.15) is 6.04 Å². The number of methoxy groups -OCH3 is 1. The summed E-state index contributed by atoms with van der Waals surface area (Å²) in [4.78, 5) is 30.2. The molecule has 208 valence electrons. The molecule has 1 atom stereocenters. The molecule has 0 saturated carbocycles. The monoisotopic (exact) mass is 547 g/mol. The van der Waals surface area contributed by atoms with Crippen LogP contribution < -0.4 is 10.2 Å². The Morgan fingerprint density at radius 3 is 2.85 bits per heavy atom. The van der Waals surface area contributed by atoms with Crippen molar-refractivity contribution in [3.05, 3.63) is 53.9 Å². The van der Waals surface area contributed by atoms with E-state index >= 15 is 0 Å². The first kappa shape index (κ1) is 25.7. The highest BCUT2D eigenvalue weighted by Crippen LogP contribution is 2.27. The van der Waals surface area contributed by atoms with E-state index in [2.05, 4.69) is 30.7 Å². The molecule has 2 amide bonds. The molecule has 0 radical (unpaired) electrons. The first-order valence-corrected chi connectivity index (χ1v) is 12.9. The molecule has 2 aliphatic rings. The number of carbonyl (C=O) groups is 2. The maximum absolute atomic E-state index is 13.4. The number of morpholine rings is 1. The number of amides is 2. The van der Waals surface area contributed by atoms with Gasteiger partial charge in [0, 0.05) is 36.2 Å². The van der Waals surface area contributed by atoms with Gasteiger partial charge in [-0.05, 0) is 35.9 Å². The Morgan fingerprint density at radius 1 is 1.20 bits per heavy atom. The number of nitrogens with one attached hydrogen (secondary N) is 1. The third-order valence-corrected chi connectivity index (χ3v) is 7.25. The smallest absolute Gasteiger partial charge is 0.409 e. The maximum atomic E-state index is 13.4. The maximum Gasteiger partial charge on any atom is 0.409 e. The molecule has 0 unspecified atom stereocenters. The summed E-state index contributed by atoms with van der Waals surface area (Å²) < 4.78 is 12.0. The zero-order chi connectivity index (χ0) is 27.8. The number of rotatable bonds is 6. The number of tetrazole rings is 1. The van der Waals surface area contributed by atoms with Crippen LogP contribution in [0.5, 0.6) is 0 Å². The van der Waals surface area contributed by atoms with Crippen LogP contribution in [0.15, 0.2) is 42.7 Å². The van der Waals surface area contributed by atoms with Crippen LogP contribution in [0.25, 0.3) is 16.9 Å². The number of aryl methyl sites for hydroxylation is 1. The molecular formula is C26H29N9O5. The highest BCUT2D eigenvalue weighted by atomic mass is 16.5. The van der Waals surface area contributed by atoms with Gasteiger partial charge in [-0.3, -0.25) is 4.79 Å². The van der Waals surface area contributed by atoms with Gasteiger partial charge in [-0.25, -0.2) is 9.31 Å². The van der Waals surface area contributed by atoms with Crippen LogP contribution in [0.1, 0.15) is 22.0 Å². The second-order valence-electron chi connectivity index (χ2n) is 9.84. The lowest BCUT2D eigenvalue weighted by Gasteiger charge is -2.36. The summed E-state index contributed by atoms with van der Waals surface area (Å²) in [6, 6.07) is 9.37. The zero-order valence-electron chi connectivity index (χ0n) is 22.1. The largest absolute Gasteiger partial charge is 0.453 e. The van der Waals surface area contributed by atoms with Gasteiger partial charge in [0.2, 0.25) is 5.82 Å². The molecule has 2 saturated heterocycles. The minimum absolute atomic E-state index is 0.0437. The lowest BCUT2D eigenvalue weighted by Crippen LogP contribution is -2.51. The van der Waals surface area contributed by atoms with Crippen LogP contribution in [0.2, 0.25) is 0 Å². The predicted octanol–water partition coefficient (Wildman–Crippen LogP) is 1.37. The van der Waals surface area contributed by atoms with Crippen molar-refractivity contribution in [3.63, 3.8) is 0 Å². The molecule has 3 aromatic heterocycles. The molecule has 5 heterocycles. The molecule has 40 heavy (non-hydrogen) atoms. The number of carbonyl (C=O) groups excluding carboxylic acids is 2.